The molecule has 2 aromatic carbocycles. The minimum atomic E-state index is -3.47. The molecule has 0 atom stereocenters. The summed E-state index contributed by atoms with van der Waals surface area (Å²) in [7, 11) is 0. The van der Waals surface area contributed by atoms with E-state index < -0.39 is 35.3 Å². The fourth-order valence-electron chi connectivity index (χ4n) is 7.88. The van der Waals surface area contributed by atoms with Gasteiger partial charge in [0.05, 0.1) is 12.0 Å². The molecule has 8 heteroatoms. The minimum Gasteiger partial charge on any atom is -0.432 e. The number of unbranched alkanes of at least 4 members (excludes halogenated alkanes) is 1. The molecule has 3 fully saturated rings. The lowest BCUT2D eigenvalue weighted by molar-refractivity contribution is -0.224. The van der Waals surface area contributed by atoms with Crippen molar-refractivity contribution in [1.82, 2.24) is 0 Å². The maximum atomic E-state index is 15.1. The van der Waals surface area contributed by atoms with Crippen molar-refractivity contribution in [1.29, 1.82) is 0 Å². The van der Waals surface area contributed by atoms with Crippen molar-refractivity contribution >= 4 is 0 Å². The van der Waals surface area contributed by atoms with Crippen molar-refractivity contribution in [3.63, 3.8) is 0 Å². The van der Waals surface area contributed by atoms with Crippen LogP contribution < -0.4 is 4.74 Å². The quantitative estimate of drug-likeness (QED) is 0.151. The van der Waals surface area contributed by atoms with Gasteiger partial charge < -0.3 is 9.47 Å². The molecule has 3 aliphatic rings. The summed E-state index contributed by atoms with van der Waals surface area (Å²) in [5.74, 6) is -4.25. The van der Waals surface area contributed by atoms with E-state index in [1.54, 1.807) is 0 Å². The predicted molar refractivity (Wildman–Crippen MR) is 155 cm³/mol. The van der Waals surface area contributed by atoms with E-state index in [1.165, 1.54) is 57.8 Å². The molecule has 0 bridgehead atoms. The number of halogens is 6. The molecule has 2 nitrogen and oxygen atoms in total. The standard InChI is InChI=1S/C35H44F6O2/c1-2-3-18-42-28-14-10-25(11-15-28)23-6-4-22(5-7-23)24-8-12-27(13-9-24)35(40,41)43-29-16-17-30(31(36)21-29)26-19-32(37)34(39)33(38)20-26/h16-17,19-25,27-28H,2-15,18H2,1H3. The van der Waals surface area contributed by atoms with Gasteiger partial charge >= 0.3 is 6.11 Å². The van der Waals surface area contributed by atoms with Crippen LogP contribution in [0.4, 0.5) is 26.3 Å². The Kier molecular flexibility index (Phi) is 10.7. The Morgan fingerprint density at radius 3 is 1.70 bits per heavy atom. The lowest BCUT2D eigenvalue weighted by Gasteiger charge is -2.42. The molecule has 0 N–H and O–H groups in total. The Balaban J connectivity index is 1.07. The van der Waals surface area contributed by atoms with Crippen LogP contribution in [0.3, 0.4) is 0 Å². The number of rotatable bonds is 10. The summed E-state index contributed by atoms with van der Waals surface area (Å²) in [5.41, 5.74) is -0.479. The van der Waals surface area contributed by atoms with Crippen LogP contribution in [0.2, 0.25) is 0 Å². The Morgan fingerprint density at radius 1 is 0.674 bits per heavy atom. The van der Waals surface area contributed by atoms with E-state index in [0.717, 1.165) is 55.9 Å². The van der Waals surface area contributed by atoms with Crippen molar-refractivity contribution in [2.75, 3.05) is 6.61 Å². The second-order valence-electron chi connectivity index (χ2n) is 13.1. The maximum Gasteiger partial charge on any atom is 0.400 e. The average molecular weight is 611 g/mol. The first kappa shape index (κ1) is 32.2. The van der Waals surface area contributed by atoms with E-state index >= 15 is 8.78 Å². The van der Waals surface area contributed by atoms with Crippen LogP contribution in [-0.2, 0) is 4.74 Å². The fraction of sp³-hybridized carbons (Fsp3) is 0.657. The van der Waals surface area contributed by atoms with Gasteiger partial charge in [-0.3, -0.25) is 0 Å². The van der Waals surface area contributed by atoms with Gasteiger partial charge in [-0.15, -0.1) is 0 Å². The molecule has 2 aromatic rings. The van der Waals surface area contributed by atoms with Gasteiger partial charge in [-0.05, 0) is 137 Å². The van der Waals surface area contributed by atoms with E-state index in [0.29, 0.717) is 42.9 Å². The van der Waals surface area contributed by atoms with E-state index in [4.69, 9.17) is 9.47 Å². The summed E-state index contributed by atoms with van der Waals surface area (Å²) in [4.78, 5) is 0. The average Bonchev–Trinajstić information content (AvgIpc) is 3.00. The number of hydrogen-bond donors (Lipinski definition) is 0. The lowest BCUT2D eigenvalue weighted by Crippen LogP contribution is -2.38. The Bertz CT molecular complexity index is 1170. The van der Waals surface area contributed by atoms with Gasteiger partial charge in [0.1, 0.15) is 11.6 Å². The lowest BCUT2D eigenvalue weighted by atomic mass is 9.65. The normalized spacial score (nSPS) is 28.5. The molecule has 0 heterocycles. The highest BCUT2D eigenvalue weighted by atomic mass is 19.3. The van der Waals surface area contributed by atoms with Gasteiger partial charge in [0.2, 0.25) is 0 Å². The third-order valence-electron chi connectivity index (χ3n) is 10.5. The highest BCUT2D eigenvalue weighted by Crippen LogP contribution is 2.48. The van der Waals surface area contributed by atoms with Gasteiger partial charge in [0.15, 0.2) is 17.5 Å². The summed E-state index contributed by atoms with van der Waals surface area (Å²) in [5, 5.41) is 0. The minimum absolute atomic E-state index is 0.237. The molecule has 0 aromatic heterocycles. The zero-order valence-electron chi connectivity index (χ0n) is 25.0. The number of ether oxygens (including phenoxy) is 2. The van der Waals surface area contributed by atoms with Gasteiger partial charge in [-0.1, -0.05) is 13.3 Å². The Hall–Kier alpha value is -2.22. The summed E-state index contributed by atoms with van der Waals surface area (Å²) in [6, 6.07) is 4.34. The SMILES string of the molecule is CCCCOC1CCC(C2CCC(C3CCC(C(F)(F)Oc4ccc(-c5cc(F)c(F)c(F)c5)c(F)c4)CC3)CC2)CC1. The zero-order valence-corrected chi connectivity index (χ0v) is 25.0. The molecular formula is C35H44F6O2. The molecule has 0 saturated heterocycles. The monoisotopic (exact) mass is 610 g/mol. The third-order valence-corrected chi connectivity index (χ3v) is 10.5. The zero-order chi connectivity index (χ0) is 30.6. The maximum absolute atomic E-state index is 15.1. The van der Waals surface area contributed by atoms with Crippen molar-refractivity contribution < 1.29 is 35.8 Å². The van der Waals surface area contributed by atoms with Crippen LogP contribution in [0.1, 0.15) is 96.8 Å². The number of alkyl halides is 2. The Labute approximate surface area is 251 Å². The van der Waals surface area contributed by atoms with E-state index in [2.05, 4.69) is 6.92 Å². The van der Waals surface area contributed by atoms with Crippen LogP contribution in [0.5, 0.6) is 5.75 Å². The first-order valence-electron chi connectivity index (χ1n) is 16.3. The molecule has 0 aliphatic heterocycles. The largest absolute Gasteiger partial charge is 0.432 e. The van der Waals surface area contributed by atoms with Crippen LogP contribution in [0.15, 0.2) is 30.3 Å². The topological polar surface area (TPSA) is 18.5 Å². The molecule has 5 rings (SSSR count). The van der Waals surface area contributed by atoms with E-state index in [-0.39, 0.29) is 16.9 Å². The van der Waals surface area contributed by atoms with Crippen molar-refractivity contribution in [3.05, 3.63) is 53.6 Å². The first-order valence-corrected chi connectivity index (χ1v) is 16.3. The molecule has 238 valence electrons. The summed E-state index contributed by atoms with van der Waals surface area (Å²) >= 11 is 0. The molecule has 0 radical (unpaired) electrons. The number of hydrogen-bond acceptors (Lipinski definition) is 2. The molecular weight excluding hydrogens is 566 g/mol. The highest BCUT2D eigenvalue weighted by Gasteiger charge is 2.45. The first-order chi connectivity index (χ1) is 20.6. The summed E-state index contributed by atoms with van der Waals surface area (Å²) < 4.78 is 96.5. The van der Waals surface area contributed by atoms with Crippen LogP contribution in [0, 0.1) is 52.9 Å². The van der Waals surface area contributed by atoms with Crippen LogP contribution >= 0.6 is 0 Å². The van der Waals surface area contributed by atoms with Crippen LogP contribution in [0.25, 0.3) is 11.1 Å². The summed E-state index contributed by atoms with van der Waals surface area (Å²) in [6.07, 6.45) is 11.2. The van der Waals surface area contributed by atoms with Gasteiger partial charge in [-0.2, -0.15) is 8.78 Å². The van der Waals surface area contributed by atoms with E-state index in [9.17, 15) is 17.6 Å². The van der Waals surface area contributed by atoms with Gasteiger partial charge in [-0.25, -0.2) is 17.6 Å². The van der Waals surface area contributed by atoms with Gasteiger partial charge in [0, 0.05) is 18.2 Å². The summed E-state index contributed by atoms with van der Waals surface area (Å²) in [6.45, 7) is 3.07. The fourth-order valence-corrected chi connectivity index (χ4v) is 7.88. The highest BCUT2D eigenvalue weighted by molar-refractivity contribution is 5.65. The molecule has 0 unspecified atom stereocenters. The molecule has 0 amide bonds. The Morgan fingerprint density at radius 2 is 1.19 bits per heavy atom. The molecule has 3 saturated carbocycles. The molecule has 0 spiro atoms. The third kappa shape index (κ3) is 7.90. The second-order valence-corrected chi connectivity index (χ2v) is 13.1. The number of benzene rings is 2. The van der Waals surface area contributed by atoms with Gasteiger partial charge in [0.25, 0.3) is 0 Å². The second kappa shape index (κ2) is 14.3. The molecule has 3 aliphatic carbocycles. The van der Waals surface area contributed by atoms with E-state index in [1.807, 2.05) is 0 Å². The van der Waals surface area contributed by atoms with Crippen molar-refractivity contribution in [3.8, 4) is 16.9 Å². The molecule has 43 heavy (non-hydrogen) atoms. The van der Waals surface area contributed by atoms with Crippen LogP contribution in [-0.4, -0.2) is 18.8 Å². The van der Waals surface area contributed by atoms with Crippen molar-refractivity contribution in [2.24, 2.45) is 29.6 Å². The smallest absolute Gasteiger partial charge is 0.400 e. The predicted octanol–water partition coefficient (Wildman–Crippen LogP) is 10.9. The van der Waals surface area contributed by atoms with Crippen molar-refractivity contribution in [2.45, 2.75) is 109 Å².